The van der Waals surface area contributed by atoms with Crippen molar-refractivity contribution in [3.8, 4) is 0 Å². The summed E-state index contributed by atoms with van der Waals surface area (Å²) < 4.78 is 0. The number of nitrogens with one attached hydrogen (secondary N) is 2. The fraction of sp³-hybridized carbons (Fsp3) is 0.133. The minimum atomic E-state index is -0.285. The van der Waals surface area contributed by atoms with Crippen molar-refractivity contribution in [3.05, 3.63) is 59.5 Å². The molecule has 0 unspecified atom stereocenters. The number of rotatable bonds is 5. The zero-order valence-corrected chi connectivity index (χ0v) is 12.3. The van der Waals surface area contributed by atoms with E-state index in [2.05, 4.69) is 27.2 Å². The summed E-state index contributed by atoms with van der Waals surface area (Å²) in [5.74, 6) is 0.252. The minimum absolute atomic E-state index is 0.254. The van der Waals surface area contributed by atoms with Gasteiger partial charge in [0.15, 0.2) is 0 Å². The first-order valence-electron chi connectivity index (χ1n) is 6.34. The van der Waals surface area contributed by atoms with Crippen LogP contribution in [0.2, 0.25) is 5.02 Å². The molecule has 1 amide bonds. The lowest BCUT2D eigenvalue weighted by atomic mass is 10.2. The maximum atomic E-state index is 11.7. The average Bonchev–Trinajstić information content (AvgIpc) is 2.49. The molecule has 0 aliphatic heterocycles. The summed E-state index contributed by atoms with van der Waals surface area (Å²) in [6, 6.07) is 5.62. The van der Waals surface area contributed by atoms with Crippen molar-refractivity contribution in [3.63, 3.8) is 0 Å². The van der Waals surface area contributed by atoms with Crippen molar-refractivity contribution >= 4 is 29.0 Å². The van der Waals surface area contributed by atoms with E-state index >= 15 is 0 Å². The largest absolute Gasteiger partial charge is 0.347 e. The van der Waals surface area contributed by atoms with Gasteiger partial charge in [-0.3, -0.25) is 4.79 Å². The molecule has 0 atom stereocenters. The van der Waals surface area contributed by atoms with Crippen LogP contribution in [0.25, 0.3) is 0 Å². The van der Waals surface area contributed by atoms with Gasteiger partial charge in [0.1, 0.15) is 11.5 Å². The molecule has 5 nitrogen and oxygen atoms in total. The van der Waals surface area contributed by atoms with Crippen LogP contribution in [-0.4, -0.2) is 22.4 Å². The third-order valence-electron chi connectivity index (χ3n) is 2.74. The Morgan fingerprint density at radius 1 is 1.38 bits per heavy atom. The van der Waals surface area contributed by atoms with Gasteiger partial charge < -0.3 is 10.6 Å². The molecule has 0 saturated heterocycles. The van der Waals surface area contributed by atoms with Gasteiger partial charge in [0.05, 0.1) is 12.4 Å². The van der Waals surface area contributed by atoms with Crippen LogP contribution >= 0.6 is 11.6 Å². The Hall–Kier alpha value is -2.40. The van der Waals surface area contributed by atoms with Crippen molar-refractivity contribution in [1.29, 1.82) is 0 Å². The number of nitrogens with zero attached hydrogens (tertiary/aromatic N) is 2. The number of aromatic nitrogens is 2. The molecule has 0 spiro atoms. The molecule has 2 aromatic rings. The highest BCUT2D eigenvalue weighted by Crippen LogP contribution is 2.22. The lowest BCUT2D eigenvalue weighted by Gasteiger charge is -2.07. The van der Waals surface area contributed by atoms with Crippen LogP contribution in [0, 0.1) is 6.92 Å². The van der Waals surface area contributed by atoms with E-state index in [9.17, 15) is 4.79 Å². The molecule has 0 fully saturated rings. The fourth-order valence-corrected chi connectivity index (χ4v) is 1.76. The summed E-state index contributed by atoms with van der Waals surface area (Å²) in [7, 11) is 0. The van der Waals surface area contributed by atoms with E-state index in [1.165, 1.54) is 12.4 Å². The summed E-state index contributed by atoms with van der Waals surface area (Å²) in [5.41, 5.74) is 2.07. The smallest absolute Gasteiger partial charge is 0.271 e. The van der Waals surface area contributed by atoms with Crippen LogP contribution in [0.5, 0.6) is 0 Å². The second-order valence-corrected chi connectivity index (χ2v) is 4.78. The SMILES string of the molecule is C=CCNC(=O)c1cnc(Nc2ccc(C)c(Cl)c2)cn1. The Kier molecular flexibility index (Phi) is 4.90. The standard InChI is InChI=1S/C15H15ClN4O/c1-3-6-17-15(21)13-8-19-14(9-18-13)20-11-5-4-10(2)12(16)7-11/h3-5,7-9H,1,6H2,2H3,(H,17,21)(H,19,20). The zero-order valence-electron chi connectivity index (χ0n) is 11.6. The number of halogens is 1. The first kappa shape index (κ1) is 15.0. The molecule has 0 aliphatic rings. The van der Waals surface area contributed by atoms with Crippen molar-refractivity contribution in [2.45, 2.75) is 6.92 Å². The normalized spacial score (nSPS) is 10.0. The van der Waals surface area contributed by atoms with Gasteiger partial charge in [0.25, 0.3) is 5.91 Å². The van der Waals surface area contributed by atoms with Gasteiger partial charge in [-0.2, -0.15) is 0 Å². The molecule has 2 N–H and O–H groups in total. The quantitative estimate of drug-likeness (QED) is 0.833. The molecule has 6 heteroatoms. The molecule has 2 rings (SSSR count). The van der Waals surface area contributed by atoms with E-state index < -0.39 is 0 Å². The van der Waals surface area contributed by atoms with E-state index in [0.29, 0.717) is 17.4 Å². The highest BCUT2D eigenvalue weighted by Gasteiger charge is 2.07. The van der Waals surface area contributed by atoms with Crippen molar-refractivity contribution in [2.24, 2.45) is 0 Å². The number of anilines is 2. The molecule has 21 heavy (non-hydrogen) atoms. The fourth-order valence-electron chi connectivity index (χ4n) is 1.58. The van der Waals surface area contributed by atoms with E-state index in [-0.39, 0.29) is 11.6 Å². The van der Waals surface area contributed by atoms with Crippen LogP contribution in [0.3, 0.4) is 0 Å². The number of carbonyl (C=O) groups is 1. The summed E-state index contributed by atoms with van der Waals surface area (Å²) in [4.78, 5) is 19.9. The van der Waals surface area contributed by atoms with Crippen LogP contribution in [0.4, 0.5) is 11.5 Å². The van der Waals surface area contributed by atoms with E-state index in [1.807, 2.05) is 25.1 Å². The molecule has 1 heterocycles. The number of benzene rings is 1. The summed E-state index contributed by atoms with van der Waals surface area (Å²) in [6.07, 6.45) is 4.51. The van der Waals surface area contributed by atoms with Gasteiger partial charge in [-0.05, 0) is 24.6 Å². The lowest BCUT2D eigenvalue weighted by Crippen LogP contribution is -2.24. The number of aryl methyl sites for hydroxylation is 1. The summed E-state index contributed by atoms with van der Waals surface area (Å²) in [6.45, 7) is 5.85. The maximum Gasteiger partial charge on any atom is 0.271 e. The van der Waals surface area contributed by atoms with Gasteiger partial charge in [0, 0.05) is 17.3 Å². The van der Waals surface area contributed by atoms with Crippen molar-refractivity contribution in [2.75, 3.05) is 11.9 Å². The first-order valence-corrected chi connectivity index (χ1v) is 6.72. The van der Waals surface area contributed by atoms with Crippen LogP contribution < -0.4 is 10.6 Å². The number of hydrogen-bond donors (Lipinski definition) is 2. The Morgan fingerprint density at radius 2 is 2.19 bits per heavy atom. The monoisotopic (exact) mass is 302 g/mol. The van der Waals surface area contributed by atoms with Crippen molar-refractivity contribution in [1.82, 2.24) is 15.3 Å². The van der Waals surface area contributed by atoms with Gasteiger partial charge in [0.2, 0.25) is 0 Å². The highest BCUT2D eigenvalue weighted by atomic mass is 35.5. The van der Waals surface area contributed by atoms with E-state index in [4.69, 9.17) is 11.6 Å². The molecular formula is C15H15ClN4O. The third kappa shape index (κ3) is 4.03. The number of hydrogen-bond acceptors (Lipinski definition) is 4. The van der Waals surface area contributed by atoms with Gasteiger partial charge in [-0.25, -0.2) is 9.97 Å². The van der Waals surface area contributed by atoms with E-state index in [0.717, 1.165) is 11.3 Å². The van der Waals surface area contributed by atoms with Crippen LogP contribution in [0.1, 0.15) is 16.1 Å². The molecule has 0 aliphatic carbocycles. The summed E-state index contributed by atoms with van der Waals surface area (Å²) in [5, 5.41) is 6.38. The van der Waals surface area contributed by atoms with Crippen LogP contribution in [0.15, 0.2) is 43.2 Å². The third-order valence-corrected chi connectivity index (χ3v) is 3.14. The second kappa shape index (κ2) is 6.85. The molecule has 0 saturated carbocycles. The molecule has 1 aromatic heterocycles. The number of amides is 1. The Morgan fingerprint density at radius 3 is 2.81 bits per heavy atom. The predicted molar refractivity (Wildman–Crippen MR) is 84.0 cm³/mol. The molecule has 108 valence electrons. The lowest BCUT2D eigenvalue weighted by molar-refractivity contribution is 0.0952. The molecule has 1 aromatic carbocycles. The highest BCUT2D eigenvalue weighted by molar-refractivity contribution is 6.31. The molecular weight excluding hydrogens is 288 g/mol. The van der Waals surface area contributed by atoms with Crippen LogP contribution in [-0.2, 0) is 0 Å². The average molecular weight is 303 g/mol. The van der Waals surface area contributed by atoms with Gasteiger partial charge in [-0.15, -0.1) is 6.58 Å². The maximum absolute atomic E-state index is 11.7. The topological polar surface area (TPSA) is 66.9 Å². The first-order chi connectivity index (χ1) is 10.1. The molecule has 0 radical (unpaired) electrons. The predicted octanol–water partition coefficient (Wildman–Crippen LogP) is 3.10. The zero-order chi connectivity index (χ0) is 15.2. The summed E-state index contributed by atoms with van der Waals surface area (Å²) >= 11 is 6.06. The second-order valence-electron chi connectivity index (χ2n) is 4.37. The van der Waals surface area contributed by atoms with Crippen molar-refractivity contribution < 1.29 is 4.79 Å². The Labute approximate surface area is 128 Å². The van der Waals surface area contributed by atoms with Gasteiger partial charge >= 0.3 is 0 Å². The Balaban J connectivity index is 2.06. The minimum Gasteiger partial charge on any atom is -0.347 e. The van der Waals surface area contributed by atoms with Gasteiger partial charge in [-0.1, -0.05) is 23.7 Å². The molecule has 0 bridgehead atoms. The number of carbonyl (C=O) groups excluding carboxylic acids is 1. The van der Waals surface area contributed by atoms with E-state index in [1.54, 1.807) is 6.08 Å². The Bertz CT molecular complexity index is 655.